The summed E-state index contributed by atoms with van der Waals surface area (Å²) < 4.78 is 0. The van der Waals surface area contributed by atoms with Crippen LogP contribution in [0.15, 0.2) is 42.5 Å². The van der Waals surface area contributed by atoms with E-state index in [1.165, 1.54) is 0 Å². The van der Waals surface area contributed by atoms with E-state index < -0.39 is 0 Å². The Bertz CT molecular complexity index is 904. The van der Waals surface area contributed by atoms with E-state index in [0.29, 0.717) is 29.8 Å². The second-order valence-corrected chi connectivity index (χ2v) is 6.63. The molecule has 2 N–H and O–H groups in total. The number of nitrogens with two attached hydrogens (primary N) is 1. The minimum Gasteiger partial charge on any atom is -0.369 e. The molecule has 1 atom stereocenters. The van der Waals surface area contributed by atoms with Gasteiger partial charge < -0.3 is 10.6 Å². The molecule has 0 radical (unpaired) electrons. The molecule has 0 aromatic heterocycles. The van der Waals surface area contributed by atoms with Crippen molar-refractivity contribution in [2.75, 3.05) is 13.1 Å². The van der Waals surface area contributed by atoms with E-state index in [-0.39, 0.29) is 23.5 Å². The lowest BCUT2D eigenvalue weighted by Gasteiger charge is -2.31. The minimum atomic E-state index is -0.364. The van der Waals surface area contributed by atoms with Gasteiger partial charge in [-0.3, -0.25) is 14.4 Å². The smallest absolute Gasteiger partial charge is 0.253 e. The molecular weight excluding hydrogens is 316 g/mol. The van der Waals surface area contributed by atoms with Gasteiger partial charge in [0.2, 0.25) is 5.91 Å². The van der Waals surface area contributed by atoms with Crippen molar-refractivity contribution in [3.63, 3.8) is 0 Å². The van der Waals surface area contributed by atoms with Crippen molar-refractivity contribution in [2.24, 2.45) is 11.7 Å². The van der Waals surface area contributed by atoms with E-state index >= 15 is 0 Å². The van der Waals surface area contributed by atoms with E-state index in [1.807, 2.05) is 24.3 Å². The van der Waals surface area contributed by atoms with Gasteiger partial charge in [0.15, 0.2) is 5.78 Å². The van der Waals surface area contributed by atoms with Crippen LogP contribution in [0.3, 0.4) is 0 Å². The summed E-state index contributed by atoms with van der Waals surface area (Å²) in [7, 11) is 0. The number of carbonyl (C=O) groups is 3. The molecule has 1 aliphatic carbocycles. The van der Waals surface area contributed by atoms with Crippen LogP contribution in [-0.2, 0) is 4.79 Å². The Balaban J connectivity index is 1.64. The number of amides is 2. The average molecular weight is 334 g/mol. The van der Waals surface area contributed by atoms with Crippen molar-refractivity contribution < 1.29 is 14.4 Å². The van der Waals surface area contributed by atoms with Crippen molar-refractivity contribution in [3.8, 4) is 11.1 Å². The maximum atomic E-state index is 12.8. The van der Waals surface area contributed by atoms with Gasteiger partial charge in [-0.15, -0.1) is 0 Å². The van der Waals surface area contributed by atoms with Crippen LogP contribution < -0.4 is 5.73 Å². The molecule has 5 heteroatoms. The number of ketones is 1. The summed E-state index contributed by atoms with van der Waals surface area (Å²) in [5.41, 5.74) is 8.88. The fourth-order valence-corrected chi connectivity index (χ4v) is 3.74. The largest absolute Gasteiger partial charge is 0.369 e. The summed E-state index contributed by atoms with van der Waals surface area (Å²) in [6.45, 7) is 0.952. The number of nitrogens with zero attached hydrogens (tertiary/aromatic N) is 1. The van der Waals surface area contributed by atoms with E-state index in [9.17, 15) is 14.4 Å². The molecule has 0 bridgehead atoms. The summed E-state index contributed by atoms with van der Waals surface area (Å²) >= 11 is 0. The van der Waals surface area contributed by atoms with Crippen LogP contribution in [-0.4, -0.2) is 35.6 Å². The number of hydrogen-bond donors (Lipinski definition) is 1. The molecule has 1 heterocycles. The molecule has 2 aromatic carbocycles. The first-order chi connectivity index (χ1) is 12.1. The zero-order chi connectivity index (χ0) is 17.6. The number of hydrogen-bond acceptors (Lipinski definition) is 3. The minimum absolute atomic E-state index is 0.0473. The SMILES string of the molecule is NC(=O)C1CCCN(C(=O)c2ccc3c(c2)C(=O)c2ccccc2-3)C1. The molecule has 25 heavy (non-hydrogen) atoms. The number of piperidine rings is 1. The Hall–Kier alpha value is -2.95. The molecule has 1 saturated heterocycles. The lowest BCUT2D eigenvalue weighted by atomic mass is 9.96. The molecule has 0 saturated carbocycles. The summed E-state index contributed by atoms with van der Waals surface area (Å²) in [6.07, 6.45) is 1.48. The summed E-state index contributed by atoms with van der Waals surface area (Å²) in [5, 5.41) is 0. The zero-order valence-electron chi connectivity index (χ0n) is 13.7. The molecule has 2 amide bonds. The first kappa shape index (κ1) is 15.6. The van der Waals surface area contributed by atoms with Crippen molar-refractivity contribution in [1.29, 1.82) is 0 Å². The molecule has 5 nitrogen and oxygen atoms in total. The van der Waals surface area contributed by atoms with Gasteiger partial charge >= 0.3 is 0 Å². The van der Waals surface area contributed by atoms with Gasteiger partial charge in [-0.25, -0.2) is 0 Å². The Morgan fingerprint density at radius 2 is 1.72 bits per heavy atom. The Kier molecular flexibility index (Phi) is 3.64. The highest BCUT2D eigenvalue weighted by atomic mass is 16.2. The van der Waals surface area contributed by atoms with Crippen LogP contribution in [0.5, 0.6) is 0 Å². The first-order valence-corrected chi connectivity index (χ1v) is 8.43. The summed E-state index contributed by atoms with van der Waals surface area (Å²) in [6, 6.07) is 12.7. The van der Waals surface area contributed by atoms with E-state index in [2.05, 4.69) is 0 Å². The van der Waals surface area contributed by atoms with Crippen LogP contribution in [0.2, 0.25) is 0 Å². The predicted molar refractivity (Wildman–Crippen MR) is 93.1 cm³/mol. The van der Waals surface area contributed by atoms with Gasteiger partial charge in [0.25, 0.3) is 5.91 Å². The number of benzene rings is 2. The molecule has 2 aromatic rings. The molecule has 1 unspecified atom stereocenters. The molecule has 1 aliphatic heterocycles. The summed E-state index contributed by atoms with van der Waals surface area (Å²) in [5.74, 6) is -0.860. The zero-order valence-corrected chi connectivity index (χ0v) is 13.7. The number of carbonyl (C=O) groups excluding carboxylic acids is 3. The van der Waals surface area contributed by atoms with Crippen molar-refractivity contribution in [3.05, 3.63) is 59.2 Å². The fourth-order valence-electron chi connectivity index (χ4n) is 3.74. The maximum Gasteiger partial charge on any atom is 0.253 e. The number of fused-ring (bicyclic) bond motifs is 3. The second kappa shape index (κ2) is 5.84. The first-order valence-electron chi connectivity index (χ1n) is 8.43. The van der Waals surface area contributed by atoms with Crippen LogP contribution in [0.4, 0.5) is 0 Å². The number of primary amides is 1. The van der Waals surface area contributed by atoms with Gasteiger partial charge in [0, 0.05) is 29.8 Å². The topological polar surface area (TPSA) is 80.5 Å². The molecule has 1 fully saturated rings. The quantitative estimate of drug-likeness (QED) is 0.780. The van der Waals surface area contributed by atoms with Crippen molar-refractivity contribution >= 4 is 17.6 Å². The van der Waals surface area contributed by atoms with Crippen molar-refractivity contribution in [1.82, 2.24) is 4.90 Å². The normalized spacial score (nSPS) is 18.6. The standard InChI is InChI=1S/C20H18N2O3/c21-19(24)13-4-3-9-22(11-13)20(25)12-7-8-15-14-5-1-2-6-16(14)18(23)17(15)10-12/h1-2,5-8,10,13H,3-4,9,11H2,(H2,21,24). The highest BCUT2D eigenvalue weighted by Gasteiger charge is 2.30. The monoisotopic (exact) mass is 334 g/mol. The molecule has 2 aliphatic rings. The Morgan fingerprint density at radius 1 is 1.00 bits per heavy atom. The van der Waals surface area contributed by atoms with Gasteiger partial charge in [-0.2, -0.15) is 0 Å². The lowest BCUT2D eigenvalue weighted by molar-refractivity contribution is -0.123. The third-order valence-corrected chi connectivity index (χ3v) is 5.08. The van der Waals surface area contributed by atoms with E-state index in [4.69, 9.17) is 5.73 Å². The molecule has 4 rings (SSSR count). The third kappa shape index (κ3) is 2.52. The Labute approximate surface area is 145 Å². The highest BCUT2D eigenvalue weighted by Crippen LogP contribution is 2.37. The second-order valence-electron chi connectivity index (χ2n) is 6.63. The highest BCUT2D eigenvalue weighted by molar-refractivity contribution is 6.22. The molecule has 126 valence electrons. The van der Waals surface area contributed by atoms with E-state index in [0.717, 1.165) is 24.0 Å². The fraction of sp³-hybridized carbons (Fsp3) is 0.250. The average Bonchev–Trinajstić information content (AvgIpc) is 2.94. The molecule has 0 spiro atoms. The van der Waals surface area contributed by atoms with Crippen LogP contribution in [0.25, 0.3) is 11.1 Å². The summed E-state index contributed by atoms with van der Waals surface area (Å²) in [4.78, 5) is 38.5. The van der Waals surface area contributed by atoms with Gasteiger partial charge in [0.05, 0.1) is 5.92 Å². The maximum absolute atomic E-state index is 12.8. The predicted octanol–water partition coefficient (Wildman–Crippen LogP) is 2.24. The van der Waals surface area contributed by atoms with E-state index in [1.54, 1.807) is 23.1 Å². The molecular formula is C20H18N2O3. The van der Waals surface area contributed by atoms with Gasteiger partial charge in [-0.1, -0.05) is 30.3 Å². The van der Waals surface area contributed by atoms with Crippen LogP contribution >= 0.6 is 0 Å². The van der Waals surface area contributed by atoms with Crippen LogP contribution in [0.1, 0.15) is 39.1 Å². The van der Waals surface area contributed by atoms with Crippen molar-refractivity contribution in [2.45, 2.75) is 12.8 Å². The lowest BCUT2D eigenvalue weighted by Crippen LogP contribution is -2.44. The Morgan fingerprint density at radius 3 is 2.48 bits per heavy atom. The number of likely N-dealkylation sites (tertiary alicyclic amines) is 1. The number of rotatable bonds is 2. The van der Waals surface area contributed by atoms with Crippen LogP contribution in [0, 0.1) is 5.92 Å². The van der Waals surface area contributed by atoms with Gasteiger partial charge in [0.1, 0.15) is 0 Å². The third-order valence-electron chi connectivity index (χ3n) is 5.08. The van der Waals surface area contributed by atoms with Gasteiger partial charge in [-0.05, 0) is 36.1 Å².